The third-order valence-electron chi connectivity index (χ3n) is 12.6. The van der Waals surface area contributed by atoms with Gasteiger partial charge in [-0.1, -0.05) is 34.1 Å². The normalized spacial score (nSPS) is 41.3. The molecule has 42 heavy (non-hydrogen) atoms. The van der Waals surface area contributed by atoms with E-state index in [0.717, 1.165) is 51.4 Å². The molecule has 0 spiro atoms. The average molecular weight is 605 g/mol. The summed E-state index contributed by atoms with van der Waals surface area (Å²) in [5.41, 5.74) is 0.228. The molecule has 0 saturated heterocycles. The SMILES string of the molecule is CC[C@H]1[C@@H](O)C2C3CCC([C@H](C)CNC(=O)NS(=O)(=O)c4ccc5c(c4)OCO5)[C@@]3(C)CC[C@@H]2[C@@]2(C)CC[C@@H](O)C[C@@H]12. The molecule has 234 valence electrons. The standard InChI is InChI=1S/C32H48N2O7S/c1-5-21-25-14-19(35)10-12-32(25,4)24-11-13-31(3)22(7-8-23(31)28(24)29(21)36)18(2)16-33-30(37)34-42(38,39)20-6-9-26-27(15-20)41-17-40-26/h6,9,15,18-19,21-25,28-29,35-36H,5,7-8,10-14,16-17H2,1-4H3,(H2,33,34,37)/t18-,19-,21-,22?,23?,24+,25+,28?,29-,31-,32-/m1/s1. The zero-order valence-corrected chi connectivity index (χ0v) is 26.2. The van der Waals surface area contributed by atoms with Crippen molar-refractivity contribution in [2.75, 3.05) is 13.3 Å². The molecule has 4 N–H and O–H groups in total. The second-order valence-electron chi connectivity index (χ2n) is 14.4. The van der Waals surface area contributed by atoms with Gasteiger partial charge < -0.3 is 25.0 Å². The number of fused-ring (bicyclic) bond motifs is 6. The smallest absolute Gasteiger partial charge is 0.328 e. The van der Waals surface area contributed by atoms with Crippen LogP contribution in [0, 0.1) is 52.3 Å². The minimum Gasteiger partial charge on any atom is -0.454 e. The maximum Gasteiger partial charge on any atom is 0.328 e. The highest BCUT2D eigenvalue weighted by Gasteiger charge is 2.64. The summed E-state index contributed by atoms with van der Waals surface area (Å²) in [6, 6.07) is 3.53. The highest BCUT2D eigenvalue weighted by Crippen LogP contribution is 2.69. The van der Waals surface area contributed by atoms with Crippen LogP contribution in [-0.4, -0.2) is 50.2 Å². The summed E-state index contributed by atoms with van der Waals surface area (Å²) in [6.45, 7) is 9.62. The molecule has 1 aliphatic heterocycles. The van der Waals surface area contributed by atoms with E-state index in [0.29, 0.717) is 41.7 Å². The van der Waals surface area contributed by atoms with Crippen molar-refractivity contribution in [1.82, 2.24) is 10.0 Å². The van der Waals surface area contributed by atoms with E-state index < -0.39 is 16.1 Å². The van der Waals surface area contributed by atoms with Crippen LogP contribution in [-0.2, 0) is 10.0 Å². The first kappa shape index (κ1) is 30.0. The van der Waals surface area contributed by atoms with Crippen LogP contribution in [0.1, 0.15) is 79.1 Å². The number of rotatable bonds is 6. The van der Waals surface area contributed by atoms with Crippen LogP contribution in [0.3, 0.4) is 0 Å². The monoisotopic (exact) mass is 604 g/mol. The summed E-state index contributed by atoms with van der Waals surface area (Å²) in [5, 5.41) is 25.3. The van der Waals surface area contributed by atoms with Gasteiger partial charge in [0.05, 0.1) is 17.1 Å². The topological polar surface area (TPSA) is 134 Å². The third kappa shape index (κ3) is 4.80. The minimum absolute atomic E-state index is 0.0368. The van der Waals surface area contributed by atoms with E-state index in [1.165, 1.54) is 18.2 Å². The van der Waals surface area contributed by atoms with Crippen LogP contribution < -0.4 is 19.5 Å². The molecule has 0 bridgehead atoms. The summed E-state index contributed by atoms with van der Waals surface area (Å²) >= 11 is 0. The third-order valence-corrected chi connectivity index (χ3v) is 13.9. The fourth-order valence-corrected chi connectivity index (χ4v) is 11.5. The Morgan fingerprint density at radius 1 is 1.02 bits per heavy atom. The number of amides is 2. The minimum atomic E-state index is -4.07. The first-order valence-corrected chi connectivity index (χ1v) is 17.4. The Labute approximate surface area is 250 Å². The van der Waals surface area contributed by atoms with Crippen molar-refractivity contribution in [3.8, 4) is 11.5 Å². The Bertz CT molecular complexity index is 1310. The molecule has 10 heteroatoms. The predicted molar refractivity (Wildman–Crippen MR) is 157 cm³/mol. The van der Waals surface area contributed by atoms with Crippen LogP contribution in [0.4, 0.5) is 4.79 Å². The number of carbonyl (C=O) groups is 1. The van der Waals surface area contributed by atoms with E-state index >= 15 is 0 Å². The van der Waals surface area contributed by atoms with Crippen LogP contribution in [0.25, 0.3) is 0 Å². The lowest BCUT2D eigenvalue weighted by molar-refractivity contribution is -0.203. The molecule has 0 aromatic heterocycles. The predicted octanol–water partition coefficient (Wildman–Crippen LogP) is 4.67. The number of nitrogens with one attached hydrogen (secondary N) is 2. The maximum atomic E-state index is 12.8. The summed E-state index contributed by atoms with van der Waals surface area (Å²) in [6.07, 6.45) is 7.40. The molecule has 3 unspecified atom stereocenters. The fraction of sp³-hybridized carbons (Fsp3) is 0.781. The molecular formula is C32H48N2O7S. The number of urea groups is 1. The molecule has 9 nitrogen and oxygen atoms in total. The van der Waals surface area contributed by atoms with Gasteiger partial charge in [0.15, 0.2) is 11.5 Å². The van der Waals surface area contributed by atoms with Gasteiger partial charge in [-0.3, -0.25) is 0 Å². The summed E-state index contributed by atoms with van der Waals surface area (Å²) in [4.78, 5) is 12.7. The summed E-state index contributed by atoms with van der Waals surface area (Å²) in [7, 11) is -4.07. The van der Waals surface area contributed by atoms with Crippen molar-refractivity contribution in [3.63, 3.8) is 0 Å². The largest absolute Gasteiger partial charge is 0.454 e. The Kier molecular flexibility index (Phi) is 7.75. The van der Waals surface area contributed by atoms with Gasteiger partial charge in [-0.15, -0.1) is 0 Å². The second-order valence-corrected chi connectivity index (χ2v) is 16.1. The molecule has 6 rings (SSSR count). The first-order valence-electron chi connectivity index (χ1n) is 16.0. The first-order chi connectivity index (χ1) is 19.9. The highest BCUT2D eigenvalue weighted by atomic mass is 32.2. The molecule has 2 amide bonds. The number of ether oxygens (including phenoxy) is 2. The zero-order valence-electron chi connectivity index (χ0n) is 25.3. The lowest BCUT2D eigenvalue weighted by Crippen LogP contribution is -2.62. The van der Waals surface area contributed by atoms with E-state index in [9.17, 15) is 23.4 Å². The molecule has 5 aliphatic rings. The molecule has 4 fully saturated rings. The molecular weight excluding hydrogens is 556 g/mol. The Hall–Kier alpha value is -2.04. The average Bonchev–Trinajstić information content (AvgIpc) is 3.56. The van der Waals surface area contributed by atoms with Gasteiger partial charge >= 0.3 is 6.03 Å². The van der Waals surface area contributed by atoms with Gasteiger partial charge in [0.1, 0.15) is 0 Å². The maximum absolute atomic E-state index is 12.8. The lowest BCUT2D eigenvalue weighted by Gasteiger charge is -2.64. The van der Waals surface area contributed by atoms with Crippen LogP contribution in [0.15, 0.2) is 23.1 Å². The molecule has 1 heterocycles. The van der Waals surface area contributed by atoms with Crippen molar-refractivity contribution < 1.29 is 32.9 Å². The Balaban J connectivity index is 1.12. The second kappa shape index (κ2) is 10.8. The fourth-order valence-electron chi connectivity index (χ4n) is 10.6. The van der Waals surface area contributed by atoms with Crippen molar-refractivity contribution in [3.05, 3.63) is 18.2 Å². The number of benzene rings is 1. The number of carbonyl (C=O) groups excluding carboxylic acids is 1. The zero-order chi connectivity index (χ0) is 30.0. The van der Waals surface area contributed by atoms with Crippen molar-refractivity contribution in [2.24, 2.45) is 52.3 Å². The van der Waals surface area contributed by atoms with Crippen molar-refractivity contribution in [2.45, 2.75) is 96.2 Å². The van der Waals surface area contributed by atoms with Crippen molar-refractivity contribution >= 4 is 16.1 Å². The van der Waals surface area contributed by atoms with E-state index in [2.05, 4.69) is 37.7 Å². The van der Waals surface area contributed by atoms with Crippen LogP contribution >= 0.6 is 0 Å². The summed E-state index contributed by atoms with van der Waals surface area (Å²) < 4.78 is 38.3. The van der Waals surface area contributed by atoms with Crippen LogP contribution in [0.2, 0.25) is 0 Å². The molecule has 4 saturated carbocycles. The van der Waals surface area contributed by atoms with Gasteiger partial charge in [-0.05, 0) is 109 Å². The number of aliphatic hydroxyl groups is 2. The van der Waals surface area contributed by atoms with Crippen molar-refractivity contribution in [1.29, 1.82) is 0 Å². The van der Waals surface area contributed by atoms with Gasteiger partial charge in [-0.2, -0.15) is 0 Å². The van der Waals surface area contributed by atoms with E-state index in [1.54, 1.807) is 0 Å². The van der Waals surface area contributed by atoms with Gasteiger partial charge in [-0.25, -0.2) is 17.9 Å². The quantitative estimate of drug-likeness (QED) is 0.371. The molecule has 1 aromatic rings. The number of hydrogen-bond acceptors (Lipinski definition) is 7. The number of aliphatic hydroxyl groups excluding tert-OH is 2. The van der Waals surface area contributed by atoms with Gasteiger partial charge in [0, 0.05) is 12.6 Å². The molecule has 0 radical (unpaired) electrons. The van der Waals surface area contributed by atoms with E-state index in [-0.39, 0.29) is 52.5 Å². The lowest BCUT2D eigenvalue weighted by atomic mass is 9.41. The molecule has 1 aromatic carbocycles. The van der Waals surface area contributed by atoms with Gasteiger partial charge in [0.2, 0.25) is 6.79 Å². The Morgan fingerprint density at radius 3 is 2.50 bits per heavy atom. The molecule has 11 atom stereocenters. The Morgan fingerprint density at radius 2 is 1.74 bits per heavy atom. The highest BCUT2D eigenvalue weighted by molar-refractivity contribution is 7.90. The van der Waals surface area contributed by atoms with E-state index in [1.807, 2.05) is 0 Å². The van der Waals surface area contributed by atoms with Gasteiger partial charge in [0.25, 0.3) is 10.0 Å². The van der Waals surface area contributed by atoms with E-state index in [4.69, 9.17) is 9.47 Å². The molecule has 4 aliphatic carbocycles. The number of hydrogen-bond donors (Lipinski definition) is 4. The van der Waals surface area contributed by atoms with Crippen LogP contribution in [0.5, 0.6) is 11.5 Å². The number of sulfonamides is 1. The summed E-state index contributed by atoms with van der Waals surface area (Å²) in [5.74, 6) is 3.12.